The van der Waals surface area contributed by atoms with E-state index in [0.717, 1.165) is 31.0 Å². The van der Waals surface area contributed by atoms with Crippen molar-refractivity contribution in [1.29, 1.82) is 0 Å². The summed E-state index contributed by atoms with van der Waals surface area (Å²) in [6, 6.07) is 5.59. The highest BCUT2D eigenvalue weighted by Gasteiger charge is 2.19. The van der Waals surface area contributed by atoms with Crippen molar-refractivity contribution in [3.8, 4) is 5.75 Å². The average Bonchev–Trinajstić information content (AvgIpc) is 2.30. The third-order valence-corrected chi connectivity index (χ3v) is 2.70. The molecule has 3 nitrogen and oxygen atoms in total. The molecule has 1 aliphatic heterocycles. The Hall–Kier alpha value is -0.770. The van der Waals surface area contributed by atoms with Crippen molar-refractivity contribution in [2.45, 2.75) is 6.10 Å². The van der Waals surface area contributed by atoms with Crippen LogP contribution in [0.4, 0.5) is 0 Å². The molecule has 0 bridgehead atoms. The summed E-state index contributed by atoms with van der Waals surface area (Å²) in [5, 5.41) is 3.99. The number of benzene rings is 1. The SMILES string of the molecule is COc1ccc(Cl)cc1C1CNCCO1. The quantitative estimate of drug-likeness (QED) is 0.839. The summed E-state index contributed by atoms with van der Waals surface area (Å²) in [6.45, 7) is 2.43. The van der Waals surface area contributed by atoms with Crippen molar-refractivity contribution < 1.29 is 9.47 Å². The molecule has 1 aromatic rings. The lowest BCUT2D eigenvalue weighted by Gasteiger charge is -2.25. The molecule has 1 N–H and O–H groups in total. The molecule has 1 atom stereocenters. The fourth-order valence-corrected chi connectivity index (χ4v) is 1.90. The molecule has 0 aliphatic carbocycles. The summed E-state index contributed by atoms with van der Waals surface area (Å²) < 4.78 is 10.9. The van der Waals surface area contributed by atoms with E-state index >= 15 is 0 Å². The molecular formula is C11H14ClNO2. The third kappa shape index (κ3) is 2.43. The summed E-state index contributed by atoms with van der Waals surface area (Å²) in [5.41, 5.74) is 1.01. The fraction of sp³-hybridized carbons (Fsp3) is 0.455. The van der Waals surface area contributed by atoms with Gasteiger partial charge in [0.15, 0.2) is 0 Å². The van der Waals surface area contributed by atoms with Crippen LogP contribution in [0.1, 0.15) is 11.7 Å². The second-order valence-electron chi connectivity index (χ2n) is 3.45. The molecule has 1 fully saturated rings. The van der Waals surface area contributed by atoms with Gasteiger partial charge in [0.05, 0.1) is 19.8 Å². The number of hydrogen-bond donors (Lipinski definition) is 1. The molecule has 82 valence electrons. The van der Waals surface area contributed by atoms with E-state index in [2.05, 4.69) is 5.32 Å². The van der Waals surface area contributed by atoms with E-state index in [-0.39, 0.29) is 6.10 Å². The Labute approximate surface area is 94.3 Å². The Morgan fingerprint density at radius 3 is 3.07 bits per heavy atom. The molecule has 0 radical (unpaired) electrons. The van der Waals surface area contributed by atoms with E-state index in [4.69, 9.17) is 21.1 Å². The lowest BCUT2D eigenvalue weighted by Crippen LogP contribution is -2.33. The Morgan fingerprint density at radius 2 is 2.40 bits per heavy atom. The number of hydrogen-bond acceptors (Lipinski definition) is 3. The minimum Gasteiger partial charge on any atom is -0.496 e. The first-order valence-corrected chi connectivity index (χ1v) is 5.35. The summed E-state index contributed by atoms with van der Waals surface area (Å²) in [6.07, 6.45) is 0.0346. The molecule has 1 aliphatic rings. The molecule has 1 unspecified atom stereocenters. The number of morpholine rings is 1. The zero-order valence-electron chi connectivity index (χ0n) is 8.63. The average molecular weight is 228 g/mol. The normalized spacial score (nSPS) is 21.3. The Bertz CT molecular complexity index is 337. The molecule has 4 heteroatoms. The van der Waals surface area contributed by atoms with Gasteiger partial charge in [-0.1, -0.05) is 11.6 Å². The van der Waals surface area contributed by atoms with Crippen LogP contribution in [0.25, 0.3) is 0 Å². The van der Waals surface area contributed by atoms with Crippen molar-refractivity contribution in [3.63, 3.8) is 0 Å². The number of nitrogens with one attached hydrogen (secondary N) is 1. The molecule has 0 saturated carbocycles. The Balaban J connectivity index is 2.27. The minimum atomic E-state index is 0.0346. The van der Waals surface area contributed by atoms with Gasteiger partial charge in [0.2, 0.25) is 0 Å². The highest BCUT2D eigenvalue weighted by atomic mass is 35.5. The molecule has 1 heterocycles. The van der Waals surface area contributed by atoms with Crippen LogP contribution in [0.2, 0.25) is 5.02 Å². The van der Waals surface area contributed by atoms with Gasteiger partial charge in [-0.15, -0.1) is 0 Å². The third-order valence-electron chi connectivity index (χ3n) is 2.47. The van der Waals surface area contributed by atoms with Gasteiger partial charge in [0.1, 0.15) is 5.75 Å². The summed E-state index contributed by atoms with van der Waals surface area (Å²) in [7, 11) is 1.66. The molecule has 1 saturated heterocycles. The van der Waals surface area contributed by atoms with E-state index in [1.54, 1.807) is 7.11 Å². The maximum Gasteiger partial charge on any atom is 0.124 e. The van der Waals surface area contributed by atoms with E-state index in [0.29, 0.717) is 5.02 Å². The highest BCUT2D eigenvalue weighted by Crippen LogP contribution is 2.30. The van der Waals surface area contributed by atoms with Gasteiger partial charge in [0, 0.05) is 23.7 Å². The van der Waals surface area contributed by atoms with Crippen LogP contribution in [0, 0.1) is 0 Å². The lowest BCUT2D eigenvalue weighted by atomic mass is 10.1. The van der Waals surface area contributed by atoms with Gasteiger partial charge in [-0.25, -0.2) is 0 Å². The van der Waals surface area contributed by atoms with Crippen LogP contribution in [0.5, 0.6) is 5.75 Å². The Morgan fingerprint density at radius 1 is 1.53 bits per heavy atom. The minimum absolute atomic E-state index is 0.0346. The van der Waals surface area contributed by atoms with Crippen LogP contribution in [-0.4, -0.2) is 26.8 Å². The molecule has 0 amide bonds. The second-order valence-corrected chi connectivity index (χ2v) is 3.89. The first-order chi connectivity index (χ1) is 7.31. The van der Waals surface area contributed by atoms with E-state index in [9.17, 15) is 0 Å². The molecular weight excluding hydrogens is 214 g/mol. The molecule has 15 heavy (non-hydrogen) atoms. The van der Waals surface area contributed by atoms with Crippen LogP contribution in [0.15, 0.2) is 18.2 Å². The zero-order valence-corrected chi connectivity index (χ0v) is 9.38. The van der Waals surface area contributed by atoms with Gasteiger partial charge >= 0.3 is 0 Å². The monoisotopic (exact) mass is 227 g/mol. The summed E-state index contributed by atoms with van der Waals surface area (Å²) in [4.78, 5) is 0. The number of methoxy groups -OCH3 is 1. The molecule has 2 rings (SSSR count). The topological polar surface area (TPSA) is 30.5 Å². The maximum absolute atomic E-state index is 5.96. The molecule has 0 spiro atoms. The number of ether oxygens (including phenoxy) is 2. The van der Waals surface area contributed by atoms with Gasteiger partial charge in [-0.3, -0.25) is 0 Å². The van der Waals surface area contributed by atoms with E-state index in [1.165, 1.54) is 0 Å². The van der Waals surface area contributed by atoms with Crippen molar-refractivity contribution in [2.24, 2.45) is 0 Å². The van der Waals surface area contributed by atoms with Crippen molar-refractivity contribution >= 4 is 11.6 Å². The van der Waals surface area contributed by atoms with Gasteiger partial charge in [0.25, 0.3) is 0 Å². The van der Waals surface area contributed by atoms with Crippen LogP contribution in [-0.2, 0) is 4.74 Å². The van der Waals surface area contributed by atoms with Crippen LogP contribution >= 0.6 is 11.6 Å². The van der Waals surface area contributed by atoms with Crippen molar-refractivity contribution in [3.05, 3.63) is 28.8 Å². The Kier molecular flexibility index (Phi) is 3.46. The van der Waals surface area contributed by atoms with Crippen molar-refractivity contribution in [2.75, 3.05) is 26.8 Å². The molecule has 0 aromatic heterocycles. The van der Waals surface area contributed by atoms with Gasteiger partial charge in [-0.2, -0.15) is 0 Å². The predicted molar refractivity (Wildman–Crippen MR) is 59.6 cm³/mol. The standard InChI is InChI=1S/C11H14ClNO2/c1-14-10-3-2-8(12)6-9(10)11-7-13-4-5-15-11/h2-3,6,11,13H,4-5,7H2,1H3. The van der Waals surface area contributed by atoms with Crippen molar-refractivity contribution in [1.82, 2.24) is 5.32 Å². The smallest absolute Gasteiger partial charge is 0.124 e. The maximum atomic E-state index is 5.96. The largest absolute Gasteiger partial charge is 0.496 e. The predicted octanol–water partition coefficient (Wildman–Crippen LogP) is 2.01. The first kappa shape index (κ1) is 10.7. The lowest BCUT2D eigenvalue weighted by molar-refractivity contribution is 0.0263. The second kappa shape index (κ2) is 4.84. The van der Waals surface area contributed by atoms with Crippen LogP contribution in [0.3, 0.4) is 0 Å². The number of halogens is 1. The van der Waals surface area contributed by atoms with Gasteiger partial charge in [-0.05, 0) is 18.2 Å². The fourth-order valence-electron chi connectivity index (χ4n) is 1.72. The van der Waals surface area contributed by atoms with E-state index in [1.807, 2.05) is 18.2 Å². The molecule has 1 aromatic carbocycles. The summed E-state index contributed by atoms with van der Waals surface area (Å²) in [5.74, 6) is 0.827. The van der Waals surface area contributed by atoms with E-state index < -0.39 is 0 Å². The van der Waals surface area contributed by atoms with Gasteiger partial charge < -0.3 is 14.8 Å². The summed E-state index contributed by atoms with van der Waals surface area (Å²) >= 11 is 5.96. The zero-order chi connectivity index (χ0) is 10.7. The van der Waals surface area contributed by atoms with Crippen LogP contribution < -0.4 is 10.1 Å². The highest BCUT2D eigenvalue weighted by molar-refractivity contribution is 6.30. The first-order valence-electron chi connectivity index (χ1n) is 4.97. The number of rotatable bonds is 2.